The minimum Gasteiger partial charge on any atom is -0.371 e. The Morgan fingerprint density at radius 3 is 3.05 bits per heavy atom. The zero-order valence-electron chi connectivity index (χ0n) is 10.6. The SMILES string of the molecule is ClCCC1CCN(c2ccnc3cc(Cl)ccc23)C1. The van der Waals surface area contributed by atoms with E-state index >= 15 is 0 Å². The summed E-state index contributed by atoms with van der Waals surface area (Å²) in [6.45, 7) is 2.19. The second-order valence-corrected chi connectivity index (χ2v) is 5.88. The topological polar surface area (TPSA) is 16.1 Å². The lowest BCUT2D eigenvalue weighted by molar-refractivity contribution is 0.572. The molecule has 2 nitrogen and oxygen atoms in total. The third-order valence-electron chi connectivity index (χ3n) is 3.83. The van der Waals surface area contributed by atoms with Crippen molar-refractivity contribution in [2.24, 2.45) is 5.92 Å². The highest BCUT2D eigenvalue weighted by Gasteiger charge is 2.23. The van der Waals surface area contributed by atoms with Crippen molar-refractivity contribution in [3.63, 3.8) is 0 Å². The van der Waals surface area contributed by atoms with Crippen LogP contribution < -0.4 is 4.90 Å². The van der Waals surface area contributed by atoms with E-state index in [1.54, 1.807) is 0 Å². The average Bonchev–Trinajstić information content (AvgIpc) is 2.86. The van der Waals surface area contributed by atoms with E-state index in [2.05, 4.69) is 22.0 Å². The summed E-state index contributed by atoms with van der Waals surface area (Å²) in [4.78, 5) is 6.84. The first-order valence-electron chi connectivity index (χ1n) is 6.63. The summed E-state index contributed by atoms with van der Waals surface area (Å²) in [6, 6.07) is 8.02. The molecule has 3 rings (SSSR count). The number of hydrogen-bond acceptors (Lipinski definition) is 2. The number of fused-ring (bicyclic) bond motifs is 1. The molecule has 1 atom stereocenters. The van der Waals surface area contributed by atoms with Gasteiger partial charge in [0.25, 0.3) is 0 Å². The number of rotatable bonds is 3. The Bertz CT molecular complexity index is 585. The van der Waals surface area contributed by atoms with Gasteiger partial charge in [-0.1, -0.05) is 11.6 Å². The monoisotopic (exact) mass is 294 g/mol. The Balaban J connectivity index is 1.93. The van der Waals surface area contributed by atoms with Gasteiger partial charge in [0.05, 0.1) is 5.52 Å². The lowest BCUT2D eigenvalue weighted by Crippen LogP contribution is -2.20. The van der Waals surface area contributed by atoms with Crippen LogP contribution in [0.3, 0.4) is 0 Å². The van der Waals surface area contributed by atoms with Gasteiger partial charge in [-0.3, -0.25) is 4.98 Å². The molecule has 0 saturated carbocycles. The molecule has 1 aromatic carbocycles. The van der Waals surface area contributed by atoms with Gasteiger partial charge in [0, 0.05) is 41.3 Å². The Hall–Kier alpha value is -0.990. The zero-order chi connectivity index (χ0) is 13.2. The van der Waals surface area contributed by atoms with Crippen LogP contribution in [0.4, 0.5) is 5.69 Å². The predicted octanol–water partition coefficient (Wildman–Crippen LogP) is 4.34. The van der Waals surface area contributed by atoms with Gasteiger partial charge in [-0.15, -0.1) is 11.6 Å². The molecule has 0 N–H and O–H groups in total. The highest BCUT2D eigenvalue weighted by Crippen LogP contribution is 2.32. The second-order valence-electron chi connectivity index (χ2n) is 5.07. The molecule has 4 heteroatoms. The standard InChI is InChI=1S/C15H16Cl2N2/c16-6-3-11-5-8-19(10-11)15-4-7-18-14-9-12(17)1-2-13(14)15/h1-2,4,7,9,11H,3,5-6,8,10H2. The molecular weight excluding hydrogens is 279 g/mol. The molecule has 19 heavy (non-hydrogen) atoms. The number of hydrogen-bond donors (Lipinski definition) is 0. The zero-order valence-corrected chi connectivity index (χ0v) is 12.2. The van der Waals surface area contributed by atoms with Crippen molar-refractivity contribution in [2.75, 3.05) is 23.9 Å². The number of pyridine rings is 1. The number of halogens is 2. The number of anilines is 1. The van der Waals surface area contributed by atoms with Gasteiger partial charge in [0.1, 0.15) is 0 Å². The van der Waals surface area contributed by atoms with Crippen molar-refractivity contribution in [3.8, 4) is 0 Å². The highest BCUT2D eigenvalue weighted by molar-refractivity contribution is 6.31. The van der Waals surface area contributed by atoms with E-state index in [1.807, 2.05) is 18.3 Å². The summed E-state index contributed by atoms with van der Waals surface area (Å²) in [7, 11) is 0. The Morgan fingerprint density at radius 1 is 1.32 bits per heavy atom. The van der Waals surface area contributed by atoms with Crippen molar-refractivity contribution < 1.29 is 0 Å². The van der Waals surface area contributed by atoms with Crippen molar-refractivity contribution in [1.82, 2.24) is 4.98 Å². The van der Waals surface area contributed by atoms with Crippen molar-refractivity contribution in [3.05, 3.63) is 35.5 Å². The van der Waals surface area contributed by atoms with Crippen LogP contribution in [-0.4, -0.2) is 24.0 Å². The molecule has 1 fully saturated rings. The van der Waals surface area contributed by atoms with E-state index in [1.165, 1.54) is 17.5 Å². The number of nitrogens with zero attached hydrogens (tertiary/aromatic N) is 2. The van der Waals surface area contributed by atoms with E-state index < -0.39 is 0 Å². The first-order valence-corrected chi connectivity index (χ1v) is 7.54. The van der Waals surface area contributed by atoms with E-state index in [4.69, 9.17) is 23.2 Å². The summed E-state index contributed by atoms with van der Waals surface area (Å²) in [5.41, 5.74) is 2.23. The Labute approximate surface area is 123 Å². The maximum Gasteiger partial charge on any atom is 0.0737 e. The van der Waals surface area contributed by atoms with Gasteiger partial charge >= 0.3 is 0 Å². The largest absolute Gasteiger partial charge is 0.371 e. The summed E-state index contributed by atoms with van der Waals surface area (Å²) >= 11 is 11.9. The summed E-state index contributed by atoms with van der Waals surface area (Å²) in [6.07, 6.45) is 4.19. The molecular formula is C15H16Cl2N2. The molecule has 1 saturated heterocycles. The van der Waals surface area contributed by atoms with Crippen molar-refractivity contribution in [1.29, 1.82) is 0 Å². The molecule has 0 spiro atoms. The fourth-order valence-corrected chi connectivity index (χ4v) is 3.30. The molecule has 1 aromatic heterocycles. The van der Waals surface area contributed by atoms with E-state index in [0.29, 0.717) is 5.92 Å². The average molecular weight is 295 g/mol. The van der Waals surface area contributed by atoms with Crippen LogP contribution in [0.25, 0.3) is 10.9 Å². The van der Waals surface area contributed by atoms with Crippen LogP contribution in [0.15, 0.2) is 30.5 Å². The van der Waals surface area contributed by atoms with Gasteiger partial charge in [-0.2, -0.15) is 0 Å². The van der Waals surface area contributed by atoms with Crippen LogP contribution >= 0.6 is 23.2 Å². The van der Waals surface area contributed by atoms with E-state index in [9.17, 15) is 0 Å². The van der Waals surface area contributed by atoms with Crippen LogP contribution in [0, 0.1) is 5.92 Å². The van der Waals surface area contributed by atoms with Gasteiger partial charge in [-0.05, 0) is 43.0 Å². The fraction of sp³-hybridized carbons (Fsp3) is 0.400. The van der Waals surface area contributed by atoms with Gasteiger partial charge in [0.2, 0.25) is 0 Å². The van der Waals surface area contributed by atoms with E-state index in [-0.39, 0.29) is 0 Å². The first kappa shape index (κ1) is 13.0. The molecule has 0 amide bonds. The molecule has 0 bridgehead atoms. The summed E-state index contributed by atoms with van der Waals surface area (Å²) in [5, 5.41) is 1.91. The quantitative estimate of drug-likeness (QED) is 0.783. The first-order chi connectivity index (χ1) is 9.28. The smallest absolute Gasteiger partial charge is 0.0737 e. The normalized spacial score (nSPS) is 19.3. The van der Waals surface area contributed by atoms with E-state index in [0.717, 1.165) is 35.9 Å². The predicted molar refractivity (Wildman–Crippen MR) is 82.4 cm³/mol. The number of alkyl halides is 1. The lowest BCUT2D eigenvalue weighted by Gasteiger charge is -2.20. The van der Waals surface area contributed by atoms with Crippen LogP contribution in [0.1, 0.15) is 12.8 Å². The van der Waals surface area contributed by atoms with Gasteiger partial charge < -0.3 is 4.90 Å². The molecule has 0 aliphatic carbocycles. The van der Waals surface area contributed by atoms with Crippen molar-refractivity contribution in [2.45, 2.75) is 12.8 Å². The fourth-order valence-electron chi connectivity index (χ4n) is 2.82. The molecule has 1 unspecified atom stereocenters. The van der Waals surface area contributed by atoms with Crippen LogP contribution in [0.2, 0.25) is 5.02 Å². The number of aromatic nitrogens is 1. The van der Waals surface area contributed by atoms with Gasteiger partial charge in [-0.25, -0.2) is 0 Å². The maximum atomic E-state index is 6.03. The van der Waals surface area contributed by atoms with Crippen LogP contribution in [0.5, 0.6) is 0 Å². The highest BCUT2D eigenvalue weighted by atomic mass is 35.5. The van der Waals surface area contributed by atoms with Crippen molar-refractivity contribution >= 4 is 39.8 Å². The third kappa shape index (κ3) is 2.65. The third-order valence-corrected chi connectivity index (χ3v) is 4.28. The lowest BCUT2D eigenvalue weighted by atomic mass is 10.1. The molecule has 2 aromatic rings. The molecule has 1 aliphatic rings. The minimum atomic E-state index is 0.716. The summed E-state index contributed by atoms with van der Waals surface area (Å²) in [5.74, 6) is 1.47. The molecule has 2 heterocycles. The minimum absolute atomic E-state index is 0.716. The van der Waals surface area contributed by atoms with Gasteiger partial charge in [0.15, 0.2) is 0 Å². The molecule has 100 valence electrons. The van der Waals surface area contributed by atoms with Crippen LogP contribution in [-0.2, 0) is 0 Å². The number of benzene rings is 1. The molecule has 0 radical (unpaired) electrons. The maximum absolute atomic E-state index is 6.03. The summed E-state index contributed by atoms with van der Waals surface area (Å²) < 4.78 is 0. The second kappa shape index (κ2) is 5.56. The Morgan fingerprint density at radius 2 is 2.21 bits per heavy atom. The Kier molecular flexibility index (Phi) is 3.81. The molecule has 1 aliphatic heterocycles.